The molecule has 0 aromatic heterocycles. The van der Waals surface area contributed by atoms with Crippen molar-refractivity contribution in [1.82, 2.24) is 0 Å². The van der Waals surface area contributed by atoms with Gasteiger partial charge in [-0.25, -0.2) is 0 Å². The van der Waals surface area contributed by atoms with Crippen LogP contribution in [-0.4, -0.2) is 37.2 Å². The van der Waals surface area contributed by atoms with E-state index in [0.717, 1.165) is 116 Å². The fraction of sp³-hybridized carbons (Fsp3) is 0.617. The summed E-state index contributed by atoms with van der Waals surface area (Å²) in [5, 5.41) is 0. The largest absolute Gasteiger partial charge is 0.462 e. The van der Waals surface area contributed by atoms with Crippen LogP contribution in [0.4, 0.5) is 0 Å². The number of hydrogen-bond donors (Lipinski definition) is 0. The molecule has 1 unspecified atom stereocenters. The van der Waals surface area contributed by atoms with Gasteiger partial charge in [0.15, 0.2) is 6.10 Å². The molecule has 0 saturated carbocycles. The Kier molecular flexibility index (Phi) is 50.0. The van der Waals surface area contributed by atoms with Gasteiger partial charge in [0.1, 0.15) is 13.2 Å². The highest BCUT2D eigenvalue weighted by Crippen LogP contribution is 2.13. The molecule has 0 heterocycles. The van der Waals surface area contributed by atoms with E-state index in [4.69, 9.17) is 14.2 Å². The minimum Gasteiger partial charge on any atom is -0.462 e. The van der Waals surface area contributed by atoms with Crippen molar-refractivity contribution in [3.05, 3.63) is 122 Å². The van der Waals surface area contributed by atoms with E-state index in [1.807, 2.05) is 0 Å². The van der Waals surface area contributed by atoms with Crippen molar-refractivity contribution in [2.75, 3.05) is 13.2 Å². The van der Waals surface area contributed by atoms with Crippen LogP contribution in [0.25, 0.3) is 0 Å². The Balaban J connectivity index is 4.41. The van der Waals surface area contributed by atoms with Gasteiger partial charge in [-0.2, -0.15) is 0 Å². The highest BCUT2D eigenvalue weighted by atomic mass is 16.6. The maximum atomic E-state index is 12.8. The Morgan fingerprint density at radius 3 is 0.985 bits per heavy atom. The van der Waals surface area contributed by atoms with Crippen molar-refractivity contribution in [3.8, 4) is 0 Å². The average molecular weight is 913 g/mol. The third-order valence-corrected chi connectivity index (χ3v) is 10.7. The van der Waals surface area contributed by atoms with Gasteiger partial charge in [0, 0.05) is 19.3 Å². The maximum Gasteiger partial charge on any atom is 0.306 e. The molecule has 0 aliphatic carbocycles. The van der Waals surface area contributed by atoms with E-state index in [2.05, 4.69) is 142 Å². The third kappa shape index (κ3) is 50.8. The first-order chi connectivity index (χ1) is 32.5. The van der Waals surface area contributed by atoms with Gasteiger partial charge < -0.3 is 14.2 Å². The van der Waals surface area contributed by atoms with Crippen LogP contribution >= 0.6 is 0 Å². The summed E-state index contributed by atoms with van der Waals surface area (Å²) < 4.78 is 16.7. The zero-order valence-electron chi connectivity index (χ0n) is 42.4. The second-order valence-corrected chi connectivity index (χ2v) is 17.0. The van der Waals surface area contributed by atoms with E-state index in [0.29, 0.717) is 19.3 Å². The van der Waals surface area contributed by atoms with Crippen molar-refractivity contribution in [3.63, 3.8) is 0 Å². The quantitative estimate of drug-likeness (QED) is 0.0262. The van der Waals surface area contributed by atoms with Gasteiger partial charge in [-0.3, -0.25) is 14.4 Å². The summed E-state index contributed by atoms with van der Waals surface area (Å²) in [6.07, 6.45) is 73.4. The summed E-state index contributed by atoms with van der Waals surface area (Å²) in [5.41, 5.74) is 0. The van der Waals surface area contributed by atoms with Crippen molar-refractivity contribution in [2.24, 2.45) is 0 Å². The molecular weight excluding hydrogens is 817 g/mol. The molecule has 0 aromatic rings. The monoisotopic (exact) mass is 913 g/mol. The Labute approximate surface area is 405 Å². The van der Waals surface area contributed by atoms with Crippen LogP contribution in [0.5, 0.6) is 0 Å². The number of carbonyl (C=O) groups is 3. The summed E-state index contributed by atoms with van der Waals surface area (Å²) >= 11 is 0. The van der Waals surface area contributed by atoms with Crippen molar-refractivity contribution < 1.29 is 28.6 Å². The van der Waals surface area contributed by atoms with Crippen LogP contribution in [0, 0.1) is 0 Å². The van der Waals surface area contributed by atoms with Gasteiger partial charge in [-0.15, -0.1) is 0 Å². The molecule has 0 bridgehead atoms. The molecule has 0 saturated heterocycles. The molecule has 0 spiro atoms. The summed E-state index contributed by atoms with van der Waals surface area (Å²) in [5.74, 6) is -0.986. The Hall–Kier alpha value is -4.19. The second kappa shape index (κ2) is 53.4. The number of hydrogen-bond acceptors (Lipinski definition) is 6. The van der Waals surface area contributed by atoms with E-state index in [1.54, 1.807) is 0 Å². The zero-order valence-corrected chi connectivity index (χ0v) is 42.4. The zero-order chi connectivity index (χ0) is 47.9. The number of carbonyl (C=O) groups excluding carboxylic acids is 3. The number of esters is 3. The number of unbranched alkanes of at least 4 members (excludes halogenated alkanes) is 15. The molecule has 6 heteroatoms. The second-order valence-electron chi connectivity index (χ2n) is 17.0. The first kappa shape index (κ1) is 61.8. The van der Waals surface area contributed by atoms with Crippen LogP contribution in [0.3, 0.4) is 0 Å². The number of allylic oxidation sites excluding steroid dienone is 20. The molecule has 0 aromatic carbocycles. The third-order valence-electron chi connectivity index (χ3n) is 10.7. The van der Waals surface area contributed by atoms with Crippen LogP contribution in [0.2, 0.25) is 0 Å². The van der Waals surface area contributed by atoms with E-state index >= 15 is 0 Å². The van der Waals surface area contributed by atoms with Gasteiger partial charge in [-0.1, -0.05) is 219 Å². The smallest absolute Gasteiger partial charge is 0.306 e. The van der Waals surface area contributed by atoms with Crippen LogP contribution in [0.1, 0.15) is 220 Å². The molecule has 0 aliphatic heterocycles. The van der Waals surface area contributed by atoms with Gasteiger partial charge >= 0.3 is 17.9 Å². The molecule has 0 N–H and O–H groups in total. The molecular formula is C60H96O6. The lowest BCUT2D eigenvalue weighted by Gasteiger charge is -2.18. The van der Waals surface area contributed by atoms with E-state index in [-0.39, 0.29) is 37.5 Å². The predicted octanol–water partition coefficient (Wildman–Crippen LogP) is 17.7. The van der Waals surface area contributed by atoms with Crippen LogP contribution < -0.4 is 0 Å². The van der Waals surface area contributed by atoms with Crippen LogP contribution in [-0.2, 0) is 28.6 Å². The fourth-order valence-corrected chi connectivity index (χ4v) is 6.80. The van der Waals surface area contributed by atoms with Gasteiger partial charge in [0.05, 0.1) is 0 Å². The summed E-state index contributed by atoms with van der Waals surface area (Å²) in [6.45, 7) is 6.31. The lowest BCUT2D eigenvalue weighted by Crippen LogP contribution is -2.30. The Morgan fingerprint density at radius 1 is 0.318 bits per heavy atom. The molecule has 0 amide bonds. The maximum absolute atomic E-state index is 12.8. The van der Waals surface area contributed by atoms with Crippen molar-refractivity contribution in [2.45, 2.75) is 226 Å². The molecule has 372 valence electrons. The highest BCUT2D eigenvalue weighted by molar-refractivity contribution is 5.71. The van der Waals surface area contributed by atoms with Gasteiger partial charge in [0.2, 0.25) is 0 Å². The lowest BCUT2D eigenvalue weighted by molar-refractivity contribution is -0.167. The summed E-state index contributed by atoms with van der Waals surface area (Å²) in [7, 11) is 0. The lowest BCUT2D eigenvalue weighted by atomic mass is 10.1. The standard InChI is InChI=1S/C60H96O6/c1-4-7-10-13-16-19-21-23-25-27-28-29-30-31-32-34-35-37-39-41-44-47-50-53-59(62)65-56-57(55-64-58(61)52-49-46-43-18-15-12-9-6-3)66-60(63)54-51-48-45-42-40-38-36-33-26-24-22-20-17-14-11-8-5-2/h7-8,10-11,16-17,19-20,23-26,28-29,31-32,35,37,41,44,57H,4-6,9,12-15,18,21-22,27,30,33-34,36,38-40,42-43,45-56H2,1-3H3/b10-7-,11-8-,19-16-,20-17-,25-23-,26-24-,29-28-,32-31-,37-35-,44-41-. The first-order valence-corrected chi connectivity index (χ1v) is 26.5. The van der Waals surface area contributed by atoms with Crippen molar-refractivity contribution >= 4 is 17.9 Å². The minimum atomic E-state index is -0.807. The van der Waals surface area contributed by atoms with Crippen molar-refractivity contribution in [1.29, 1.82) is 0 Å². The van der Waals surface area contributed by atoms with Gasteiger partial charge in [-0.05, 0) is 103 Å². The SMILES string of the molecule is CC/C=C\C/C=C\C/C=C\C/C=C\C/C=C\C/C=C\C/C=C\CCCC(=O)OCC(COC(=O)CCCCCCCCCC)OC(=O)CCCCCCCCC/C=C\C/C=C\C/C=C\CC. The van der Waals surface area contributed by atoms with E-state index in [1.165, 1.54) is 57.8 Å². The summed E-state index contributed by atoms with van der Waals surface area (Å²) in [4.78, 5) is 37.9. The molecule has 66 heavy (non-hydrogen) atoms. The molecule has 0 radical (unpaired) electrons. The van der Waals surface area contributed by atoms with E-state index in [9.17, 15) is 14.4 Å². The summed E-state index contributed by atoms with van der Waals surface area (Å²) in [6, 6.07) is 0. The molecule has 6 nitrogen and oxygen atoms in total. The van der Waals surface area contributed by atoms with Gasteiger partial charge in [0.25, 0.3) is 0 Å². The van der Waals surface area contributed by atoms with E-state index < -0.39 is 6.10 Å². The number of ether oxygens (including phenoxy) is 3. The Bertz CT molecular complexity index is 1420. The Morgan fingerprint density at radius 2 is 0.606 bits per heavy atom. The first-order valence-electron chi connectivity index (χ1n) is 26.5. The van der Waals surface area contributed by atoms with Crippen LogP contribution in [0.15, 0.2) is 122 Å². The highest BCUT2D eigenvalue weighted by Gasteiger charge is 2.19. The molecule has 1 atom stereocenters. The molecule has 0 aliphatic rings. The normalized spacial score (nSPS) is 13.1. The minimum absolute atomic E-state index is 0.102. The fourth-order valence-electron chi connectivity index (χ4n) is 6.80. The topological polar surface area (TPSA) is 78.9 Å². The molecule has 0 rings (SSSR count). The average Bonchev–Trinajstić information content (AvgIpc) is 3.31. The predicted molar refractivity (Wildman–Crippen MR) is 283 cm³/mol. The number of rotatable bonds is 46. The molecule has 0 fully saturated rings.